The SMILES string of the molecule is COc1cccc(/C=C(\NC(=O)c2ccccc2)C(=O)Nc2ccc(SC(C)C(=O)Nc3nc(-c4ccccc4Cl)cs3)cc2)c1. The molecule has 11 heteroatoms. The lowest BCUT2D eigenvalue weighted by molar-refractivity contribution is -0.115. The van der Waals surface area contributed by atoms with Crippen molar-refractivity contribution >= 4 is 69.3 Å². The van der Waals surface area contributed by atoms with Gasteiger partial charge >= 0.3 is 0 Å². The molecule has 5 aromatic rings. The van der Waals surface area contributed by atoms with E-state index in [1.165, 1.54) is 23.1 Å². The Labute approximate surface area is 279 Å². The van der Waals surface area contributed by atoms with Crippen molar-refractivity contribution in [1.29, 1.82) is 0 Å². The van der Waals surface area contributed by atoms with E-state index in [1.54, 1.807) is 79.9 Å². The first-order chi connectivity index (χ1) is 22.3. The van der Waals surface area contributed by atoms with Crippen LogP contribution in [-0.4, -0.2) is 35.1 Å². The maximum absolute atomic E-state index is 13.4. The van der Waals surface area contributed by atoms with Crippen LogP contribution >= 0.6 is 34.7 Å². The molecule has 0 saturated heterocycles. The molecule has 5 rings (SSSR count). The molecule has 1 heterocycles. The number of thiazole rings is 1. The first-order valence-corrected chi connectivity index (χ1v) is 16.2. The summed E-state index contributed by atoms with van der Waals surface area (Å²) in [6, 6.07) is 30.3. The summed E-state index contributed by atoms with van der Waals surface area (Å²) in [5, 5.41) is 11.0. The topological polar surface area (TPSA) is 109 Å². The van der Waals surface area contributed by atoms with Crippen LogP contribution in [0.4, 0.5) is 10.8 Å². The Kier molecular flexibility index (Phi) is 10.9. The van der Waals surface area contributed by atoms with Crippen LogP contribution in [-0.2, 0) is 9.59 Å². The summed E-state index contributed by atoms with van der Waals surface area (Å²) in [6.45, 7) is 1.81. The number of methoxy groups -OCH3 is 1. The van der Waals surface area contributed by atoms with E-state index in [-0.39, 0.29) is 11.6 Å². The largest absolute Gasteiger partial charge is 0.497 e. The molecule has 0 aliphatic heterocycles. The van der Waals surface area contributed by atoms with E-state index in [9.17, 15) is 14.4 Å². The number of amides is 3. The van der Waals surface area contributed by atoms with Crippen molar-refractivity contribution in [2.75, 3.05) is 17.7 Å². The van der Waals surface area contributed by atoms with Gasteiger partial charge in [-0.2, -0.15) is 0 Å². The van der Waals surface area contributed by atoms with Crippen LogP contribution < -0.4 is 20.7 Å². The number of nitrogens with zero attached hydrogens (tertiary/aromatic N) is 1. The second kappa shape index (κ2) is 15.4. The minimum absolute atomic E-state index is 0.0609. The second-order valence-electron chi connectivity index (χ2n) is 9.90. The number of rotatable bonds is 11. The van der Waals surface area contributed by atoms with Gasteiger partial charge in [0.2, 0.25) is 5.91 Å². The van der Waals surface area contributed by atoms with Crippen LogP contribution in [0.3, 0.4) is 0 Å². The van der Waals surface area contributed by atoms with Gasteiger partial charge in [0.05, 0.1) is 18.1 Å². The number of aromatic nitrogens is 1. The third-order valence-corrected chi connectivity index (χ3v) is 8.81. The number of hydrogen-bond donors (Lipinski definition) is 3. The minimum Gasteiger partial charge on any atom is -0.497 e. The number of benzene rings is 4. The number of halogens is 1. The predicted octanol–water partition coefficient (Wildman–Crippen LogP) is 8.00. The van der Waals surface area contributed by atoms with Crippen LogP contribution in [0.15, 0.2) is 119 Å². The van der Waals surface area contributed by atoms with E-state index in [1.807, 2.05) is 48.7 Å². The Morgan fingerprint density at radius 3 is 2.39 bits per heavy atom. The van der Waals surface area contributed by atoms with Crippen molar-refractivity contribution < 1.29 is 19.1 Å². The highest BCUT2D eigenvalue weighted by molar-refractivity contribution is 8.00. The highest BCUT2D eigenvalue weighted by Crippen LogP contribution is 2.31. The van der Waals surface area contributed by atoms with E-state index < -0.39 is 17.1 Å². The molecular formula is C35H29ClN4O4S2. The summed E-state index contributed by atoms with van der Waals surface area (Å²) < 4.78 is 5.30. The molecule has 0 fully saturated rings. The fourth-order valence-electron chi connectivity index (χ4n) is 4.24. The van der Waals surface area contributed by atoms with Gasteiger partial charge in [-0.15, -0.1) is 23.1 Å². The molecule has 1 aromatic heterocycles. The number of ether oxygens (including phenoxy) is 1. The standard InChI is InChI=1S/C35H29ClN4O4S2/c1-22(32(41)40-35-39-31(21-45-35)28-13-6-7-14-29(28)36)46-27-17-15-25(16-18-27)37-34(43)30(20-23-9-8-12-26(19-23)44-2)38-33(42)24-10-4-3-5-11-24/h3-22H,1-2H3,(H,37,43)(H,38,42)(H,39,40,41)/b30-20-. The Hall–Kier alpha value is -4.90. The van der Waals surface area contributed by atoms with Gasteiger partial charge in [-0.05, 0) is 73.2 Å². The number of carbonyl (C=O) groups is 3. The normalized spacial score (nSPS) is 11.8. The summed E-state index contributed by atoms with van der Waals surface area (Å²) in [7, 11) is 1.56. The second-order valence-corrected chi connectivity index (χ2v) is 12.6. The maximum atomic E-state index is 13.4. The molecule has 1 atom stereocenters. The molecule has 3 amide bonds. The fourth-order valence-corrected chi connectivity index (χ4v) is 6.06. The molecule has 3 N–H and O–H groups in total. The lowest BCUT2D eigenvalue weighted by Gasteiger charge is -2.13. The Bertz CT molecular complexity index is 1880. The number of carbonyl (C=O) groups excluding carboxylic acids is 3. The van der Waals surface area contributed by atoms with Gasteiger partial charge in [-0.25, -0.2) is 4.98 Å². The van der Waals surface area contributed by atoms with Gasteiger partial charge in [0.1, 0.15) is 11.4 Å². The number of thioether (sulfide) groups is 1. The summed E-state index contributed by atoms with van der Waals surface area (Å²) in [5.74, 6) is -0.488. The van der Waals surface area contributed by atoms with Crippen molar-refractivity contribution in [3.05, 3.63) is 130 Å². The zero-order chi connectivity index (χ0) is 32.5. The summed E-state index contributed by atoms with van der Waals surface area (Å²) in [4.78, 5) is 44.5. The lowest BCUT2D eigenvalue weighted by Crippen LogP contribution is -2.30. The first-order valence-electron chi connectivity index (χ1n) is 14.1. The van der Waals surface area contributed by atoms with E-state index in [0.717, 1.165) is 10.5 Å². The molecule has 0 bridgehead atoms. The third kappa shape index (κ3) is 8.63. The molecule has 4 aromatic carbocycles. The molecule has 8 nitrogen and oxygen atoms in total. The number of nitrogens with one attached hydrogen (secondary N) is 3. The van der Waals surface area contributed by atoms with Gasteiger partial charge in [0.25, 0.3) is 11.8 Å². The molecule has 0 aliphatic rings. The number of hydrogen-bond acceptors (Lipinski definition) is 7. The highest BCUT2D eigenvalue weighted by Gasteiger charge is 2.18. The van der Waals surface area contributed by atoms with Crippen LogP contribution in [0, 0.1) is 0 Å². The van der Waals surface area contributed by atoms with Crippen molar-refractivity contribution in [2.45, 2.75) is 17.1 Å². The van der Waals surface area contributed by atoms with E-state index in [2.05, 4.69) is 20.9 Å². The third-order valence-electron chi connectivity index (χ3n) is 6.61. The van der Waals surface area contributed by atoms with Gasteiger partial charge < -0.3 is 20.7 Å². The molecule has 0 saturated carbocycles. The van der Waals surface area contributed by atoms with Gasteiger partial charge in [-0.1, -0.05) is 60.1 Å². The van der Waals surface area contributed by atoms with Crippen LogP contribution in [0.2, 0.25) is 5.02 Å². The minimum atomic E-state index is -0.500. The Morgan fingerprint density at radius 2 is 1.65 bits per heavy atom. The van der Waals surface area contributed by atoms with Crippen molar-refractivity contribution in [3.8, 4) is 17.0 Å². The molecule has 46 heavy (non-hydrogen) atoms. The smallest absolute Gasteiger partial charge is 0.272 e. The predicted molar refractivity (Wildman–Crippen MR) is 186 cm³/mol. The van der Waals surface area contributed by atoms with Crippen molar-refractivity contribution in [1.82, 2.24) is 10.3 Å². The summed E-state index contributed by atoms with van der Waals surface area (Å²) >= 11 is 8.99. The Balaban J connectivity index is 1.22. The van der Waals surface area contributed by atoms with Crippen molar-refractivity contribution in [3.63, 3.8) is 0 Å². The monoisotopic (exact) mass is 668 g/mol. The zero-order valence-corrected chi connectivity index (χ0v) is 27.2. The summed E-state index contributed by atoms with van der Waals surface area (Å²) in [5.41, 5.74) is 3.18. The quantitative estimate of drug-likeness (QED) is 0.0972. The highest BCUT2D eigenvalue weighted by atomic mass is 35.5. The zero-order valence-electron chi connectivity index (χ0n) is 24.8. The fraction of sp³-hybridized carbons (Fsp3) is 0.0857. The van der Waals surface area contributed by atoms with Crippen molar-refractivity contribution in [2.24, 2.45) is 0 Å². The average Bonchev–Trinajstić information content (AvgIpc) is 3.54. The van der Waals surface area contributed by atoms with Gasteiger partial charge in [0, 0.05) is 32.1 Å². The first kappa shape index (κ1) is 32.5. The van der Waals surface area contributed by atoms with E-state index >= 15 is 0 Å². The van der Waals surface area contributed by atoms with E-state index in [0.29, 0.717) is 38.4 Å². The average molecular weight is 669 g/mol. The van der Waals surface area contributed by atoms with Gasteiger partial charge in [-0.3, -0.25) is 14.4 Å². The molecular weight excluding hydrogens is 640 g/mol. The van der Waals surface area contributed by atoms with Crippen LogP contribution in [0.25, 0.3) is 17.3 Å². The summed E-state index contributed by atoms with van der Waals surface area (Å²) in [6.07, 6.45) is 1.59. The van der Waals surface area contributed by atoms with E-state index in [4.69, 9.17) is 16.3 Å². The maximum Gasteiger partial charge on any atom is 0.272 e. The van der Waals surface area contributed by atoms with Gasteiger partial charge in [0.15, 0.2) is 5.13 Å². The number of anilines is 2. The molecule has 232 valence electrons. The van der Waals surface area contributed by atoms with Crippen LogP contribution in [0.5, 0.6) is 5.75 Å². The molecule has 1 unspecified atom stereocenters. The Morgan fingerprint density at radius 1 is 0.913 bits per heavy atom. The lowest BCUT2D eigenvalue weighted by atomic mass is 10.1. The molecule has 0 aliphatic carbocycles. The molecule has 0 radical (unpaired) electrons. The molecule has 0 spiro atoms. The van der Waals surface area contributed by atoms with Crippen LogP contribution in [0.1, 0.15) is 22.8 Å².